The van der Waals surface area contributed by atoms with E-state index >= 15 is 0 Å². The maximum absolute atomic E-state index is 11.1. The molecule has 0 radical (unpaired) electrons. The van der Waals surface area contributed by atoms with E-state index in [4.69, 9.17) is 42.6 Å². The van der Waals surface area contributed by atoms with Gasteiger partial charge in [-0.2, -0.15) is 0 Å². The normalized spacial score (nSPS) is 49.9. The molecule has 0 aliphatic carbocycles. The first-order valence-corrected chi connectivity index (χ1v) is 14.4. The monoisotopic (exact) mass is 610 g/mol. The van der Waals surface area contributed by atoms with Crippen molar-refractivity contribution in [2.75, 3.05) is 33.8 Å². The van der Waals surface area contributed by atoms with E-state index in [1.807, 2.05) is 0 Å². The largest absolute Gasteiger partial charge is 0.388 e. The van der Waals surface area contributed by atoms with Crippen molar-refractivity contribution in [3.05, 3.63) is 0 Å². The molecular formula is C26H46N2O14. The van der Waals surface area contributed by atoms with E-state index < -0.39 is 104 Å². The van der Waals surface area contributed by atoms with Crippen LogP contribution < -0.4 is 10.6 Å². The lowest BCUT2D eigenvalue weighted by Crippen LogP contribution is -2.65. The number of aliphatic hydroxyl groups excluding tert-OH is 5. The van der Waals surface area contributed by atoms with E-state index in [9.17, 15) is 25.5 Å². The minimum atomic E-state index is -1.62. The molecule has 5 rings (SSSR count). The van der Waals surface area contributed by atoms with Gasteiger partial charge in [0.05, 0.1) is 6.61 Å². The number of ether oxygens (including phenoxy) is 9. The molecule has 15 atom stereocenters. The minimum Gasteiger partial charge on any atom is -0.388 e. The third-order valence-electron chi connectivity index (χ3n) is 8.09. The number of hydrogen-bond donors (Lipinski definition) is 7. The number of hydrogen-bond acceptors (Lipinski definition) is 16. The molecule has 0 unspecified atom stereocenters. The smallest absolute Gasteiger partial charge is 0.190 e. The van der Waals surface area contributed by atoms with Crippen LogP contribution in [0.25, 0.3) is 0 Å². The van der Waals surface area contributed by atoms with Crippen LogP contribution in [0.5, 0.6) is 0 Å². The second-order valence-electron chi connectivity index (χ2n) is 12.3. The zero-order valence-corrected chi connectivity index (χ0v) is 24.7. The Labute approximate surface area is 244 Å². The summed E-state index contributed by atoms with van der Waals surface area (Å²) in [6.45, 7) is 7.39. The molecule has 0 saturated carbocycles. The molecule has 5 aliphatic heterocycles. The van der Waals surface area contributed by atoms with Gasteiger partial charge in [0, 0.05) is 13.1 Å². The van der Waals surface area contributed by atoms with Gasteiger partial charge in [-0.15, -0.1) is 0 Å². The van der Waals surface area contributed by atoms with E-state index in [-0.39, 0.29) is 19.7 Å². The molecule has 42 heavy (non-hydrogen) atoms. The molecular weight excluding hydrogens is 564 g/mol. The topological polar surface area (TPSA) is 208 Å². The summed E-state index contributed by atoms with van der Waals surface area (Å²) in [6, 6.07) is 0. The second-order valence-corrected chi connectivity index (χ2v) is 12.3. The van der Waals surface area contributed by atoms with E-state index in [0.717, 1.165) is 0 Å². The maximum Gasteiger partial charge on any atom is 0.190 e. The molecule has 0 amide bonds. The van der Waals surface area contributed by atoms with Crippen LogP contribution in [0.15, 0.2) is 0 Å². The molecule has 0 aromatic heterocycles. The molecule has 16 nitrogen and oxygen atoms in total. The number of likely N-dealkylation sites (N-methyl/N-ethyl adjacent to an activating group) is 2. The quantitative estimate of drug-likeness (QED) is 0.135. The van der Waals surface area contributed by atoms with Gasteiger partial charge in [0.15, 0.2) is 30.4 Å². The SMILES string of the molecule is CNC[C@H]1O[C@@H](O[C@H]2[C@H](O)[C@@H](O)[C@H](OC[C@H]3O[C@@H]4OC(C)(C)O[C@@H]4[C@H]4OC(C)(C)O[C@H]43)O[C@@H]2CNC)[C@H](O)[C@@H](O)[C@@H]1O. The van der Waals surface area contributed by atoms with Gasteiger partial charge in [0.1, 0.15) is 73.2 Å². The van der Waals surface area contributed by atoms with Crippen LogP contribution in [0.2, 0.25) is 0 Å². The van der Waals surface area contributed by atoms with Gasteiger partial charge in [-0.3, -0.25) is 0 Å². The van der Waals surface area contributed by atoms with Crippen LogP contribution in [0.3, 0.4) is 0 Å². The fourth-order valence-electron chi connectivity index (χ4n) is 6.15. The number of rotatable bonds is 9. The third-order valence-corrected chi connectivity index (χ3v) is 8.09. The van der Waals surface area contributed by atoms with Crippen LogP contribution in [0.1, 0.15) is 27.7 Å². The van der Waals surface area contributed by atoms with Crippen molar-refractivity contribution >= 4 is 0 Å². The molecule has 5 aliphatic rings. The Hall–Kier alpha value is -0.640. The van der Waals surface area contributed by atoms with Crippen LogP contribution >= 0.6 is 0 Å². The van der Waals surface area contributed by atoms with Crippen LogP contribution in [0.4, 0.5) is 0 Å². The summed E-state index contributed by atoms with van der Waals surface area (Å²) >= 11 is 0. The fraction of sp³-hybridized carbons (Fsp3) is 1.00. The van der Waals surface area contributed by atoms with E-state index in [0.29, 0.717) is 0 Å². The molecule has 244 valence electrons. The van der Waals surface area contributed by atoms with Crippen molar-refractivity contribution in [2.24, 2.45) is 0 Å². The highest BCUT2D eigenvalue weighted by Crippen LogP contribution is 2.44. The summed E-state index contributed by atoms with van der Waals surface area (Å²) in [7, 11) is 3.31. The van der Waals surface area contributed by atoms with Crippen molar-refractivity contribution in [1.29, 1.82) is 0 Å². The lowest BCUT2D eigenvalue weighted by molar-refractivity contribution is -0.357. The fourth-order valence-corrected chi connectivity index (χ4v) is 6.15. The highest BCUT2D eigenvalue weighted by atomic mass is 16.9. The zero-order valence-electron chi connectivity index (χ0n) is 24.7. The van der Waals surface area contributed by atoms with E-state index in [1.54, 1.807) is 41.8 Å². The molecule has 0 spiro atoms. The summed E-state index contributed by atoms with van der Waals surface area (Å²) < 4.78 is 53.9. The number of aliphatic hydroxyl groups is 5. The summed E-state index contributed by atoms with van der Waals surface area (Å²) in [6.07, 6.45) is -16.3. The molecule has 5 saturated heterocycles. The van der Waals surface area contributed by atoms with Gasteiger partial charge in [-0.25, -0.2) is 0 Å². The molecule has 16 heteroatoms. The van der Waals surface area contributed by atoms with Crippen molar-refractivity contribution < 1.29 is 68.2 Å². The summed E-state index contributed by atoms with van der Waals surface area (Å²) in [5.41, 5.74) is 0. The summed E-state index contributed by atoms with van der Waals surface area (Å²) in [5, 5.41) is 59.0. The lowest BCUT2D eigenvalue weighted by Gasteiger charge is -2.46. The average molecular weight is 611 g/mol. The molecule has 0 aromatic rings. The van der Waals surface area contributed by atoms with E-state index in [2.05, 4.69) is 10.6 Å². The Bertz CT molecular complexity index is 914. The number of nitrogens with one attached hydrogen (secondary N) is 2. The first-order chi connectivity index (χ1) is 19.7. The Morgan fingerprint density at radius 2 is 1.17 bits per heavy atom. The Balaban J connectivity index is 1.25. The molecule has 0 aromatic carbocycles. The Morgan fingerprint density at radius 3 is 1.86 bits per heavy atom. The zero-order chi connectivity index (χ0) is 30.6. The standard InChI is InChI=1S/C26H46N2O14/c1-25(2)39-19-12(37-24-21(20(19)40-25)41-26(3,4)42-24)9-34-22-17(33)15(31)18(11(36-22)8-28-6)38-23-16(32)14(30)13(29)10(35-23)7-27-5/h10-24,27-33H,7-9H2,1-6H3/t10-,11-,12-,13-,14+,15-,16-,17-,18-,19+,20+,21-,22-,23+,24-/m1/s1. The van der Waals surface area contributed by atoms with Gasteiger partial charge in [0.25, 0.3) is 0 Å². The molecule has 5 heterocycles. The van der Waals surface area contributed by atoms with Crippen molar-refractivity contribution in [2.45, 2.75) is 131 Å². The van der Waals surface area contributed by atoms with Crippen molar-refractivity contribution in [3.63, 3.8) is 0 Å². The van der Waals surface area contributed by atoms with Crippen molar-refractivity contribution in [3.8, 4) is 0 Å². The van der Waals surface area contributed by atoms with Gasteiger partial charge < -0.3 is 78.8 Å². The predicted octanol–water partition coefficient (Wildman–Crippen LogP) is -3.52. The summed E-state index contributed by atoms with van der Waals surface area (Å²) in [5.74, 6) is -1.78. The van der Waals surface area contributed by atoms with E-state index in [1.165, 1.54) is 0 Å². The van der Waals surface area contributed by atoms with Crippen LogP contribution in [0, 0.1) is 0 Å². The van der Waals surface area contributed by atoms with Crippen LogP contribution in [-0.4, -0.2) is 163 Å². The Morgan fingerprint density at radius 1 is 0.595 bits per heavy atom. The van der Waals surface area contributed by atoms with Crippen LogP contribution in [-0.2, 0) is 42.6 Å². The molecule has 5 fully saturated rings. The van der Waals surface area contributed by atoms with Crippen molar-refractivity contribution in [1.82, 2.24) is 10.6 Å². The molecule has 7 N–H and O–H groups in total. The second kappa shape index (κ2) is 12.6. The first-order valence-electron chi connectivity index (χ1n) is 14.4. The molecule has 0 bridgehead atoms. The third kappa shape index (κ3) is 6.50. The van der Waals surface area contributed by atoms with Gasteiger partial charge >= 0.3 is 0 Å². The lowest BCUT2D eigenvalue weighted by atomic mass is 9.96. The highest BCUT2D eigenvalue weighted by molar-refractivity contribution is 5.01. The number of fused-ring (bicyclic) bond motifs is 3. The average Bonchev–Trinajstić information content (AvgIpc) is 3.42. The highest BCUT2D eigenvalue weighted by Gasteiger charge is 2.61. The van der Waals surface area contributed by atoms with Gasteiger partial charge in [-0.05, 0) is 41.8 Å². The first kappa shape index (κ1) is 32.7. The summed E-state index contributed by atoms with van der Waals surface area (Å²) in [4.78, 5) is 0. The van der Waals surface area contributed by atoms with Gasteiger partial charge in [-0.1, -0.05) is 0 Å². The minimum absolute atomic E-state index is 0.0971. The Kier molecular flexibility index (Phi) is 9.85. The maximum atomic E-state index is 11.1. The van der Waals surface area contributed by atoms with Gasteiger partial charge in [0.2, 0.25) is 0 Å². The predicted molar refractivity (Wildman–Crippen MR) is 139 cm³/mol.